The molecule has 1 aromatic carbocycles. The number of aromatic hydroxyl groups is 1. The highest BCUT2D eigenvalue weighted by Gasteiger charge is 2.24. The molecule has 0 aliphatic heterocycles. The van der Waals surface area contributed by atoms with Crippen LogP contribution in [-0.2, 0) is 16.4 Å². The molecular formula is C16H21N3O4S. The van der Waals surface area contributed by atoms with Crippen molar-refractivity contribution < 1.29 is 18.3 Å². The highest BCUT2D eigenvalue weighted by molar-refractivity contribution is 7.90. The normalized spacial score (nSPS) is 11.5. The van der Waals surface area contributed by atoms with Gasteiger partial charge in [-0.05, 0) is 38.5 Å². The van der Waals surface area contributed by atoms with Crippen LogP contribution in [0.5, 0.6) is 5.88 Å². The van der Waals surface area contributed by atoms with Gasteiger partial charge in [0.2, 0.25) is 5.88 Å². The first-order valence-corrected chi connectivity index (χ1v) is 9.48. The number of anilines is 1. The van der Waals surface area contributed by atoms with Crippen molar-refractivity contribution in [2.75, 3.05) is 18.1 Å². The van der Waals surface area contributed by atoms with E-state index >= 15 is 0 Å². The average molecular weight is 351 g/mol. The Morgan fingerprint density at radius 1 is 1.29 bits per heavy atom. The van der Waals surface area contributed by atoms with Gasteiger partial charge in [0.15, 0.2) is 15.6 Å². The van der Waals surface area contributed by atoms with Gasteiger partial charge in [-0.25, -0.2) is 13.1 Å². The van der Waals surface area contributed by atoms with Gasteiger partial charge in [0, 0.05) is 24.9 Å². The van der Waals surface area contributed by atoms with Gasteiger partial charge in [-0.1, -0.05) is 0 Å². The van der Waals surface area contributed by atoms with E-state index in [4.69, 9.17) is 0 Å². The highest BCUT2D eigenvalue weighted by Crippen LogP contribution is 2.30. The second-order valence-electron chi connectivity index (χ2n) is 5.44. The number of rotatable bonds is 6. The zero-order valence-electron chi connectivity index (χ0n) is 14.1. The van der Waals surface area contributed by atoms with E-state index in [1.165, 1.54) is 23.0 Å². The van der Waals surface area contributed by atoms with E-state index in [0.717, 1.165) is 6.26 Å². The van der Waals surface area contributed by atoms with Gasteiger partial charge in [0.05, 0.1) is 16.8 Å². The van der Waals surface area contributed by atoms with Crippen LogP contribution in [0.15, 0.2) is 23.2 Å². The number of ketones is 1. The number of nitrogens with zero attached hydrogens (tertiary/aromatic N) is 2. The molecule has 0 radical (unpaired) electrons. The lowest BCUT2D eigenvalue weighted by Crippen LogP contribution is -2.12. The maximum Gasteiger partial charge on any atom is 0.220 e. The first-order chi connectivity index (χ1) is 11.2. The van der Waals surface area contributed by atoms with Gasteiger partial charge in [-0.2, -0.15) is 5.10 Å². The number of aromatic nitrogens is 2. The van der Waals surface area contributed by atoms with Crippen molar-refractivity contribution in [3.63, 3.8) is 0 Å². The van der Waals surface area contributed by atoms with Crippen LogP contribution in [0.1, 0.15) is 35.3 Å². The topological polar surface area (TPSA) is 101 Å². The number of carbonyl (C=O) groups excluding carboxylic acids is 1. The first kappa shape index (κ1) is 18.0. The molecule has 24 heavy (non-hydrogen) atoms. The Hall–Kier alpha value is -2.35. The predicted molar refractivity (Wildman–Crippen MR) is 91.5 cm³/mol. The predicted octanol–water partition coefficient (Wildman–Crippen LogP) is 1.98. The van der Waals surface area contributed by atoms with E-state index in [2.05, 4.69) is 10.4 Å². The molecule has 0 aliphatic rings. The molecule has 130 valence electrons. The average Bonchev–Trinajstić information content (AvgIpc) is 2.88. The van der Waals surface area contributed by atoms with Crippen LogP contribution in [0.2, 0.25) is 0 Å². The number of nitrogens with one attached hydrogen (secondary N) is 1. The van der Waals surface area contributed by atoms with Crippen molar-refractivity contribution in [3.05, 3.63) is 35.0 Å². The maximum atomic E-state index is 12.7. The Kier molecular flexibility index (Phi) is 4.98. The van der Waals surface area contributed by atoms with Gasteiger partial charge in [0.25, 0.3) is 0 Å². The van der Waals surface area contributed by atoms with Crippen LogP contribution < -0.4 is 5.32 Å². The number of hydrogen-bond acceptors (Lipinski definition) is 6. The summed E-state index contributed by atoms with van der Waals surface area (Å²) >= 11 is 0. The van der Waals surface area contributed by atoms with E-state index < -0.39 is 15.6 Å². The van der Waals surface area contributed by atoms with Crippen molar-refractivity contribution >= 4 is 21.3 Å². The van der Waals surface area contributed by atoms with Crippen LogP contribution >= 0.6 is 0 Å². The summed E-state index contributed by atoms with van der Waals surface area (Å²) in [6.07, 6.45) is 2.44. The van der Waals surface area contributed by atoms with Gasteiger partial charge >= 0.3 is 0 Å². The zero-order chi connectivity index (χ0) is 18.1. The van der Waals surface area contributed by atoms with Crippen LogP contribution in [0.3, 0.4) is 0 Å². The molecule has 8 heteroatoms. The molecule has 0 fully saturated rings. The Labute approximate surface area is 141 Å². The molecule has 1 aromatic heterocycles. The van der Waals surface area contributed by atoms with Crippen molar-refractivity contribution in [3.8, 4) is 5.88 Å². The minimum Gasteiger partial charge on any atom is -0.493 e. The molecule has 0 amide bonds. The third-order valence-corrected chi connectivity index (χ3v) is 4.92. The largest absolute Gasteiger partial charge is 0.493 e. The fraction of sp³-hybridized carbons (Fsp3) is 0.375. The molecule has 0 atom stereocenters. The van der Waals surface area contributed by atoms with Crippen molar-refractivity contribution in [1.29, 1.82) is 0 Å². The number of aryl methyl sites for hydroxylation is 1. The Morgan fingerprint density at radius 3 is 2.46 bits per heavy atom. The first-order valence-electron chi connectivity index (χ1n) is 7.59. The van der Waals surface area contributed by atoms with Gasteiger partial charge in [-0.15, -0.1) is 0 Å². The lowest BCUT2D eigenvalue weighted by atomic mass is 9.99. The van der Waals surface area contributed by atoms with E-state index in [1.54, 1.807) is 13.8 Å². The van der Waals surface area contributed by atoms with Crippen molar-refractivity contribution in [1.82, 2.24) is 9.78 Å². The summed E-state index contributed by atoms with van der Waals surface area (Å²) < 4.78 is 25.2. The summed E-state index contributed by atoms with van der Waals surface area (Å²) in [5.41, 5.74) is 1.35. The summed E-state index contributed by atoms with van der Waals surface area (Å²) in [5, 5.41) is 17.1. The summed E-state index contributed by atoms with van der Waals surface area (Å²) in [5.74, 6) is -0.594. The molecule has 0 saturated heterocycles. The lowest BCUT2D eigenvalue weighted by Gasteiger charge is -2.15. The molecule has 2 aromatic rings. The minimum absolute atomic E-state index is 0.0921. The quantitative estimate of drug-likeness (QED) is 0.772. The Balaban J connectivity index is 2.61. The van der Waals surface area contributed by atoms with E-state index in [9.17, 15) is 18.3 Å². The highest BCUT2D eigenvalue weighted by atomic mass is 32.2. The maximum absolute atomic E-state index is 12.7. The third-order valence-electron chi connectivity index (χ3n) is 3.78. The molecule has 0 spiro atoms. The van der Waals surface area contributed by atoms with Crippen LogP contribution in [-0.4, -0.2) is 41.9 Å². The molecule has 0 saturated carbocycles. The summed E-state index contributed by atoms with van der Waals surface area (Å²) in [4.78, 5) is 12.9. The zero-order valence-corrected chi connectivity index (χ0v) is 14.9. The summed E-state index contributed by atoms with van der Waals surface area (Å²) in [6.45, 7) is 6.28. The monoisotopic (exact) mass is 351 g/mol. The van der Waals surface area contributed by atoms with E-state index in [0.29, 0.717) is 29.9 Å². The fourth-order valence-corrected chi connectivity index (χ4v) is 3.47. The summed E-state index contributed by atoms with van der Waals surface area (Å²) in [7, 11) is -3.43. The SMILES string of the molecule is CCNc1c(S(C)(=O)=O)ccc(C(=O)c2cnn(CC)c2O)c1C. The van der Waals surface area contributed by atoms with Crippen LogP contribution in [0, 0.1) is 6.92 Å². The van der Waals surface area contributed by atoms with Gasteiger partial charge < -0.3 is 10.4 Å². The summed E-state index contributed by atoms with van der Waals surface area (Å²) in [6, 6.07) is 2.88. The Morgan fingerprint density at radius 2 is 1.96 bits per heavy atom. The Bertz CT molecular complexity index is 885. The molecule has 7 nitrogen and oxygen atoms in total. The smallest absolute Gasteiger partial charge is 0.220 e. The van der Waals surface area contributed by atoms with Crippen LogP contribution in [0.4, 0.5) is 5.69 Å². The molecular weight excluding hydrogens is 330 g/mol. The van der Waals surface area contributed by atoms with Crippen molar-refractivity contribution in [2.24, 2.45) is 0 Å². The molecule has 2 N–H and O–H groups in total. The number of sulfone groups is 1. The molecule has 0 unspecified atom stereocenters. The molecule has 0 aliphatic carbocycles. The number of benzene rings is 1. The van der Waals surface area contributed by atoms with E-state index in [-0.39, 0.29) is 16.3 Å². The number of carbonyl (C=O) groups is 1. The number of hydrogen-bond donors (Lipinski definition) is 2. The van der Waals surface area contributed by atoms with Crippen molar-refractivity contribution in [2.45, 2.75) is 32.2 Å². The van der Waals surface area contributed by atoms with Gasteiger partial charge in [-0.3, -0.25) is 4.79 Å². The van der Waals surface area contributed by atoms with Crippen LogP contribution in [0.25, 0.3) is 0 Å². The van der Waals surface area contributed by atoms with E-state index in [1.807, 2.05) is 6.92 Å². The minimum atomic E-state index is -3.43. The third kappa shape index (κ3) is 3.14. The molecule has 1 heterocycles. The second kappa shape index (κ2) is 6.64. The second-order valence-corrected chi connectivity index (χ2v) is 7.42. The molecule has 0 bridgehead atoms. The van der Waals surface area contributed by atoms with Gasteiger partial charge in [0.1, 0.15) is 5.56 Å². The fourth-order valence-electron chi connectivity index (χ4n) is 2.55. The lowest BCUT2D eigenvalue weighted by molar-refractivity contribution is 0.103. The molecule has 2 rings (SSSR count). The standard InChI is InChI=1S/C16H21N3O4S/c1-5-17-14-10(3)11(7-8-13(14)24(4,22)23)15(20)12-9-18-19(6-2)16(12)21/h7-9,17,21H,5-6H2,1-4H3.